The fraction of sp³-hybridized carbons (Fsp3) is 0.882. The van der Waals surface area contributed by atoms with E-state index in [4.69, 9.17) is 4.74 Å². The predicted molar refractivity (Wildman–Crippen MR) is 87.5 cm³/mol. The summed E-state index contributed by atoms with van der Waals surface area (Å²) in [7, 11) is 3.48. The number of nitrogens with zero attached hydrogens (tertiary/aromatic N) is 1. The number of likely N-dealkylation sites (N-methyl/N-ethyl adjacent to an activating group) is 2. The monoisotopic (exact) mass is 312 g/mol. The third-order valence-electron chi connectivity index (χ3n) is 4.10. The molecule has 1 aliphatic rings. The lowest BCUT2D eigenvalue weighted by Crippen LogP contribution is -2.47. The Labute approximate surface area is 134 Å². The minimum absolute atomic E-state index is 0.00104. The Morgan fingerprint density at radius 2 is 1.82 bits per heavy atom. The van der Waals surface area contributed by atoms with Crippen molar-refractivity contribution in [3.63, 3.8) is 0 Å². The quantitative estimate of drug-likeness (QED) is 0.765. The van der Waals surface area contributed by atoms with Crippen LogP contribution >= 0.6 is 0 Å². The van der Waals surface area contributed by atoms with Crippen LogP contribution in [0.3, 0.4) is 0 Å². The highest BCUT2D eigenvalue weighted by molar-refractivity contribution is 5.85. The van der Waals surface area contributed by atoms with Gasteiger partial charge in [-0.15, -0.1) is 0 Å². The molecular weight excluding hydrogens is 280 g/mol. The zero-order valence-electron chi connectivity index (χ0n) is 14.8. The Hall–Kier alpha value is -1.10. The molecule has 0 aromatic carbocycles. The number of carbonyl (C=O) groups is 2. The van der Waals surface area contributed by atoms with Crippen molar-refractivity contribution in [1.82, 2.24) is 10.2 Å². The summed E-state index contributed by atoms with van der Waals surface area (Å²) in [6, 6.07) is -0.212. The second-order valence-electron chi connectivity index (χ2n) is 7.36. The zero-order chi connectivity index (χ0) is 16.8. The Morgan fingerprint density at radius 1 is 1.23 bits per heavy atom. The van der Waals surface area contributed by atoms with Crippen LogP contribution in [0.1, 0.15) is 59.3 Å². The van der Waals surface area contributed by atoms with E-state index >= 15 is 0 Å². The van der Waals surface area contributed by atoms with Gasteiger partial charge in [-0.3, -0.25) is 9.59 Å². The molecule has 1 atom stereocenters. The molecule has 5 heteroatoms. The summed E-state index contributed by atoms with van der Waals surface area (Å²) in [5.41, 5.74) is -0.522. The van der Waals surface area contributed by atoms with Gasteiger partial charge in [-0.05, 0) is 40.2 Å². The van der Waals surface area contributed by atoms with Crippen LogP contribution in [0.4, 0.5) is 0 Å². The average Bonchev–Trinajstić information content (AvgIpc) is 2.43. The van der Waals surface area contributed by atoms with E-state index in [1.807, 2.05) is 27.8 Å². The molecule has 0 bridgehead atoms. The number of nitrogens with one attached hydrogen (secondary N) is 1. The molecule has 1 aliphatic carbocycles. The molecule has 22 heavy (non-hydrogen) atoms. The zero-order valence-corrected chi connectivity index (χ0v) is 14.8. The van der Waals surface area contributed by atoms with Gasteiger partial charge in [0.25, 0.3) is 0 Å². The first kappa shape index (κ1) is 18.9. The maximum absolute atomic E-state index is 12.5. The van der Waals surface area contributed by atoms with E-state index in [2.05, 4.69) is 5.32 Å². The van der Waals surface area contributed by atoms with Gasteiger partial charge in [-0.25, -0.2) is 0 Å². The Balaban J connectivity index is 2.49. The molecule has 0 aromatic rings. The van der Waals surface area contributed by atoms with Gasteiger partial charge in [0, 0.05) is 7.05 Å². The molecule has 1 saturated carbocycles. The highest BCUT2D eigenvalue weighted by atomic mass is 16.6. The van der Waals surface area contributed by atoms with E-state index in [1.165, 1.54) is 37.0 Å². The van der Waals surface area contributed by atoms with Gasteiger partial charge in [0.05, 0.1) is 6.04 Å². The molecule has 1 fully saturated rings. The second-order valence-corrected chi connectivity index (χ2v) is 7.36. The summed E-state index contributed by atoms with van der Waals surface area (Å²) in [6.07, 6.45) is 7.12. The van der Waals surface area contributed by atoms with E-state index in [0.29, 0.717) is 5.92 Å². The fourth-order valence-corrected chi connectivity index (χ4v) is 3.01. The first-order valence-electron chi connectivity index (χ1n) is 8.37. The van der Waals surface area contributed by atoms with Crippen molar-refractivity contribution < 1.29 is 14.3 Å². The molecule has 0 radical (unpaired) electrons. The van der Waals surface area contributed by atoms with E-state index < -0.39 is 5.60 Å². The third kappa shape index (κ3) is 6.77. The third-order valence-corrected chi connectivity index (χ3v) is 4.10. The minimum atomic E-state index is -0.522. The lowest BCUT2D eigenvalue weighted by molar-refractivity contribution is -0.158. The van der Waals surface area contributed by atoms with E-state index in [0.717, 1.165) is 6.42 Å². The molecule has 0 spiro atoms. The van der Waals surface area contributed by atoms with E-state index in [-0.39, 0.29) is 24.5 Å². The molecule has 0 saturated heterocycles. The highest BCUT2D eigenvalue weighted by Crippen LogP contribution is 2.27. The van der Waals surface area contributed by atoms with Gasteiger partial charge < -0.3 is 15.0 Å². The van der Waals surface area contributed by atoms with Crippen LogP contribution in [-0.4, -0.2) is 49.1 Å². The van der Waals surface area contributed by atoms with Gasteiger partial charge >= 0.3 is 5.97 Å². The Morgan fingerprint density at radius 3 is 2.32 bits per heavy atom. The topological polar surface area (TPSA) is 58.6 Å². The molecule has 1 unspecified atom stereocenters. The standard InChI is InChI=1S/C17H32N2O3/c1-17(2,3)22-15(20)12-19(5)16(21)14(18-4)11-13-9-7-6-8-10-13/h13-14,18H,6-12H2,1-5H3. The smallest absolute Gasteiger partial charge is 0.326 e. The molecule has 1 N–H and O–H groups in total. The summed E-state index contributed by atoms with van der Waals surface area (Å²) < 4.78 is 5.27. The molecule has 1 amide bonds. The van der Waals surface area contributed by atoms with Gasteiger partial charge in [-0.2, -0.15) is 0 Å². The van der Waals surface area contributed by atoms with Crippen molar-refractivity contribution in [2.24, 2.45) is 5.92 Å². The van der Waals surface area contributed by atoms with Crippen molar-refractivity contribution >= 4 is 11.9 Å². The Kier molecular flexibility index (Phi) is 7.33. The number of hydrogen-bond donors (Lipinski definition) is 1. The first-order chi connectivity index (χ1) is 10.2. The van der Waals surface area contributed by atoms with Crippen LogP contribution in [0.5, 0.6) is 0 Å². The number of amides is 1. The highest BCUT2D eigenvalue weighted by Gasteiger charge is 2.27. The summed E-state index contributed by atoms with van der Waals surface area (Å²) in [4.78, 5) is 25.8. The van der Waals surface area contributed by atoms with Crippen LogP contribution < -0.4 is 5.32 Å². The van der Waals surface area contributed by atoms with Crippen LogP contribution in [0, 0.1) is 5.92 Å². The van der Waals surface area contributed by atoms with Crippen molar-refractivity contribution in [3.05, 3.63) is 0 Å². The molecule has 1 rings (SSSR count). The molecule has 128 valence electrons. The second kappa shape index (κ2) is 8.51. The van der Waals surface area contributed by atoms with Crippen molar-refractivity contribution in [2.75, 3.05) is 20.6 Å². The minimum Gasteiger partial charge on any atom is -0.459 e. The number of hydrogen-bond acceptors (Lipinski definition) is 4. The van der Waals surface area contributed by atoms with E-state index in [1.54, 1.807) is 7.05 Å². The number of ether oxygens (including phenoxy) is 1. The summed E-state index contributed by atoms with van der Waals surface area (Å²) in [5.74, 6) is 0.222. The summed E-state index contributed by atoms with van der Waals surface area (Å²) in [6.45, 7) is 5.48. The SMILES string of the molecule is CNC(CC1CCCCC1)C(=O)N(C)CC(=O)OC(C)(C)C. The van der Waals surface area contributed by atoms with Crippen LogP contribution in [0.25, 0.3) is 0 Å². The van der Waals surface area contributed by atoms with Crippen LogP contribution in [-0.2, 0) is 14.3 Å². The van der Waals surface area contributed by atoms with Gasteiger partial charge in [0.15, 0.2) is 0 Å². The molecule has 0 aromatic heterocycles. The normalized spacial score (nSPS) is 17.9. The van der Waals surface area contributed by atoms with Crippen LogP contribution in [0.2, 0.25) is 0 Å². The molecule has 0 aliphatic heterocycles. The van der Waals surface area contributed by atoms with E-state index in [9.17, 15) is 9.59 Å². The molecule has 5 nitrogen and oxygen atoms in total. The summed E-state index contributed by atoms with van der Waals surface area (Å²) >= 11 is 0. The lowest BCUT2D eigenvalue weighted by Gasteiger charge is -2.29. The first-order valence-corrected chi connectivity index (χ1v) is 8.37. The van der Waals surface area contributed by atoms with Crippen molar-refractivity contribution in [1.29, 1.82) is 0 Å². The van der Waals surface area contributed by atoms with Gasteiger partial charge in [0.1, 0.15) is 12.1 Å². The maximum atomic E-state index is 12.5. The Bertz CT molecular complexity index is 371. The number of esters is 1. The average molecular weight is 312 g/mol. The maximum Gasteiger partial charge on any atom is 0.326 e. The van der Waals surface area contributed by atoms with Crippen molar-refractivity contribution in [2.45, 2.75) is 70.9 Å². The number of rotatable bonds is 6. The van der Waals surface area contributed by atoms with Crippen molar-refractivity contribution in [3.8, 4) is 0 Å². The lowest BCUT2D eigenvalue weighted by atomic mass is 9.84. The largest absolute Gasteiger partial charge is 0.459 e. The fourth-order valence-electron chi connectivity index (χ4n) is 3.01. The van der Waals surface area contributed by atoms with Gasteiger partial charge in [-0.1, -0.05) is 32.1 Å². The van der Waals surface area contributed by atoms with Gasteiger partial charge in [0.2, 0.25) is 5.91 Å². The molecule has 0 heterocycles. The molecular formula is C17H32N2O3. The predicted octanol–water partition coefficient (Wildman–Crippen LogP) is 2.34. The van der Waals surface area contributed by atoms with Crippen LogP contribution in [0.15, 0.2) is 0 Å². The summed E-state index contributed by atoms with van der Waals surface area (Å²) in [5, 5.41) is 3.11. The number of carbonyl (C=O) groups excluding carboxylic acids is 2.